The molecule has 1 aliphatic rings. The lowest BCUT2D eigenvalue weighted by molar-refractivity contribution is -0.163. The molecule has 1 aromatic rings. The van der Waals surface area contributed by atoms with Gasteiger partial charge in [0.1, 0.15) is 4.90 Å². The van der Waals surface area contributed by atoms with Gasteiger partial charge in [0, 0.05) is 20.1 Å². The van der Waals surface area contributed by atoms with Crippen LogP contribution < -0.4 is 5.32 Å². The Morgan fingerprint density at radius 3 is 2.14 bits per heavy atom. The van der Waals surface area contributed by atoms with Crippen LogP contribution >= 0.6 is 0 Å². The van der Waals surface area contributed by atoms with Crippen LogP contribution in [-0.2, 0) is 14.8 Å². The highest BCUT2D eigenvalue weighted by atomic mass is 32.2. The van der Waals surface area contributed by atoms with E-state index in [1.165, 1.54) is 4.31 Å². The Kier molecular flexibility index (Phi) is 4.08. The van der Waals surface area contributed by atoms with Gasteiger partial charge < -0.3 is 10.1 Å². The topological polar surface area (TPSA) is 58.6 Å². The minimum Gasteiger partial charge on any atom is -0.387 e. The van der Waals surface area contributed by atoms with Gasteiger partial charge in [-0.2, -0.15) is 4.31 Å². The van der Waals surface area contributed by atoms with E-state index in [4.69, 9.17) is 4.74 Å². The molecular formula is C15H24N2O3S. The van der Waals surface area contributed by atoms with Crippen LogP contribution in [0.25, 0.3) is 0 Å². The van der Waals surface area contributed by atoms with Crippen LogP contribution in [0.2, 0.25) is 0 Å². The number of hydrogen-bond donors (Lipinski definition) is 1. The minimum atomic E-state index is -3.56. The van der Waals surface area contributed by atoms with Crippen molar-refractivity contribution in [3.05, 3.63) is 24.3 Å². The van der Waals surface area contributed by atoms with Gasteiger partial charge in [0.05, 0.1) is 16.9 Å². The van der Waals surface area contributed by atoms with Crippen LogP contribution in [0.5, 0.6) is 0 Å². The van der Waals surface area contributed by atoms with E-state index in [1.807, 2.05) is 33.8 Å². The summed E-state index contributed by atoms with van der Waals surface area (Å²) >= 11 is 0. The number of morpholine rings is 1. The minimum absolute atomic E-state index is 0.306. The van der Waals surface area contributed by atoms with Gasteiger partial charge in [0.25, 0.3) is 0 Å². The molecule has 1 aliphatic heterocycles. The summed E-state index contributed by atoms with van der Waals surface area (Å²) in [5, 5.41) is 2.95. The quantitative estimate of drug-likeness (QED) is 0.930. The van der Waals surface area contributed by atoms with Crippen molar-refractivity contribution in [3.8, 4) is 0 Å². The molecule has 0 radical (unpaired) electrons. The number of nitrogens with one attached hydrogen (secondary N) is 1. The molecule has 1 fully saturated rings. The highest BCUT2D eigenvalue weighted by molar-refractivity contribution is 7.89. The maximum Gasteiger partial charge on any atom is 0.245 e. The Balaban J connectivity index is 2.44. The lowest BCUT2D eigenvalue weighted by atomic mass is 10.0. The highest BCUT2D eigenvalue weighted by Crippen LogP contribution is 2.33. The zero-order valence-electron chi connectivity index (χ0n) is 13.3. The fraction of sp³-hybridized carbons (Fsp3) is 0.600. The van der Waals surface area contributed by atoms with Crippen molar-refractivity contribution in [1.82, 2.24) is 4.31 Å². The molecule has 0 saturated carbocycles. The van der Waals surface area contributed by atoms with E-state index in [-0.39, 0.29) is 0 Å². The Hall–Kier alpha value is -1.11. The van der Waals surface area contributed by atoms with Gasteiger partial charge in [0.2, 0.25) is 10.0 Å². The Morgan fingerprint density at radius 2 is 1.62 bits per heavy atom. The van der Waals surface area contributed by atoms with Crippen molar-refractivity contribution < 1.29 is 13.2 Å². The van der Waals surface area contributed by atoms with Crippen LogP contribution in [0.1, 0.15) is 27.7 Å². The normalized spacial score (nSPS) is 22.0. The molecule has 21 heavy (non-hydrogen) atoms. The summed E-state index contributed by atoms with van der Waals surface area (Å²) in [6.07, 6.45) is 0. The van der Waals surface area contributed by atoms with E-state index in [2.05, 4.69) is 5.32 Å². The molecule has 0 aromatic heterocycles. The summed E-state index contributed by atoms with van der Waals surface area (Å²) < 4.78 is 33.4. The maximum atomic E-state index is 13.0. The van der Waals surface area contributed by atoms with Crippen molar-refractivity contribution >= 4 is 15.7 Å². The van der Waals surface area contributed by atoms with Gasteiger partial charge in [0.15, 0.2) is 0 Å². The van der Waals surface area contributed by atoms with Crippen LogP contribution in [0.3, 0.4) is 0 Å². The van der Waals surface area contributed by atoms with E-state index in [9.17, 15) is 8.42 Å². The zero-order valence-corrected chi connectivity index (χ0v) is 14.1. The first-order valence-electron chi connectivity index (χ1n) is 7.05. The van der Waals surface area contributed by atoms with Gasteiger partial charge in [-0.3, -0.25) is 0 Å². The first-order chi connectivity index (χ1) is 9.57. The smallest absolute Gasteiger partial charge is 0.245 e. The number of nitrogens with zero attached hydrogens (tertiary/aromatic N) is 1. The molecule has 1 heterocycles. The fourth-order valence-corrected chi connectivity index (χ4v) is 4.86. The average molecular weight is 312 g/mol. The number of para-hydroxylation sites is 1. The van der Waals surface area contributed by atoms with E-state index < -0.39 is 21.2 Å². The first-order valence-corrected chi connectivity index (χ1v) is 8.49. The molecule has 0 unspecified atom stereocenters. The molecule has 0 bridgehead atoms. The lowest BCUT2D eigenvalue weighted by Crippen LogP contribution is -2.58. The van der Waals surface area contributed by atoms with Crippen LogP contribution in [0, 0.1) is 0 Å². The number of sulfonamides is 1. The van der Waals surface area contributed by atoms with Crippen LogP contribution in [0.15, 0.2) is 29.2 Å². The molecule has 0 amide bonds. The Morgan fingerprint density at radius 1 is 1.10 bits per heavy atom. The fourth-order valence-electron chi connectivity index (χ4n) is 2.92. The number of rotatable bonds is 3. The van der Waals surface area contributed by atoms with Crippen LogP contribution in [-0.4, -0.2) is 44.1 Å². The van der Waals surface area contributed by atoms with E-state index >= 15 is 0 Å². The molecule has 118 valence electrons. The molecular weight excluding hydrogens is 288 g/mol. The lowest BCUT2D eigenvalue weighted by Gasteiger charge is -2.46. The van der Waals surface area contributed by atoms with Gasteiger partial charge in [-0.05, 0) is 39.8 Å². The monoisotopic (exact) mass is 312 g/mol. The molecule has 0 aliphatic carbocycles. The zero-order chi connectivity index (χ0) is 15.9. The maximum absolute atomic E-state index is 13.0. The predicted molar refractivity (Wildman–Crippen MR) is 84.0 cm³/mol. The van der Waals surface area contributed by atoms with E-state index in [1.54, 1.807) is 25.2 Å². The molecule has 5 nitrogen and oxygen atoms in total. The van der Waals surface area contributed by atoms with Crippen LogP contribution in [0.4, 0.5) is 5.69 Å². The number of ether oxygens (including phenoxy) is 1. The highest BCUT2D eigenvalue weighted by Gasteiger charge is 2.43. The second kappa shape index (κ2) is 5.26. The van der Waals surface area contributed by atoms with Crippen molar-refractivity contribution in [1.29, 1.82) is 0 Å². The molecule has 1 aromatic carbocycles. The summed E-state index contributed by atoms with van der Waals surface area (Å²) in [5.74, 6) is 0. The van der Waals surface area contributed by atoms with Crippen molar-refractivity contribution in [2.24, 2.45) is 0 Å². The molecule has 2 rings (SSSR count). The molecule has 0 atom stereocenters. The van der Waals surface area contributed by atoms with Gasteiger partial charge in [-0.15, -0.1) is 0 Å². The molecule has 1 N–H and O–H groups in total. The Labute approximate surface area is 127 Å². The number of hydrogen-bond acceptors (Lipinski definition) is 4. The number of benzene rings is 1. The second-order valence-electron chi connectivity index (χ2n) is 6.64. The summed E-state index contributed by atoms with van der Waals surface area (Å²) in [4.78, 5) is 0.306. The number of anilines is 1. The van der Waals surface area contributed by atoms with Gasteiger partial charge >= 0.3 is 0 Å². The molecule has 6 heteroatoms. The second-order valence-corrected chi connectivity index (χ2v) is 8.55. The summed E-state index contributed by atoms with van der Waals surface area (Å²) in [6, 6.07) is 6.96. The standard InChI is InChI=1S/C15H24N2O3S/c1-14(2)10-17(11-15(3,4)20-14)21(18,19)13-9-7-6-8-12(13)16-5/h6-9,16H,10-11H2,1-5H3. The summed E-state index contributed by atoms with van der Waals surface area (Å²) in [7, 11) is -1.83. The largest absolute Gasteiger partial charge is 0.387 e. The SMILES string of the molecule is CNc1ccccc1S(=O)(=O)N1CC(C)(C)OC(C)(C)C1. The third-order valence-corrected chi connectivity index (χ3v) is 5.29. The average Bonchev–Trinajstić information content (AvgIpc) is 2.35. The third kappa shape index (κ3) is 3.39. The summed E-state index contributed by atoms with van der Waals surface area (Å²) in [5.41, 5.74) is -0.410. The molecule has 1 saturated heterocycles. The van der Waals surface area contributed by atoms with Crippen molar-refractivity contribution in [3.63, 3.8) is 0 Å². The Bertz CT molecular complexity index is 608. The van der Waals surface area contributed by atoms with E-state index in [0.717, 1.165) is 0 Å². The summed E-state index contributed by atoms with van der Waals surface area (Å²) in [6.45, 7) is 8.36. The predicted octanol–water partition coefficient (Wildman–Crippen LogP) is 2.31. The van der Waals surface area contributed by atoms with Crippen molar-refractivity contribution in [2.75, 3.05) is 25.5 Å². The third-order valence-electron chi connectivity index (χ3n) is 3.44. The van der Waals surface area contributed by atoms with Gasteiger partial charge in [-0.25, -0.2) is 8.42 Å². The van der Waals surface area contributed by atoms with E-state index in [0.29, 0.717) is 23.7 Å². The molecule has 0 spiro atoms. The van der Waals surface area contributed by atoms with Gasteiger partial charge in [-0.1, -0.05) is 12.1 Å². The van der Waals surface area contributed by atoms with Crippen molar-refractivity contribution in [2.45, 2.75) is 43.8 Å². The first kappa shape index (κ1) is 16.3.